The van der Waals surface area contributed by atoms with Gasteiger partial charge in [0.1, 0.15) is 17.2 Å². The minimum atomic E-state index is -0.394. The Morgan fingerprint density at radius 1 is 1.40 bits per heavy atom. The Labute approximate surface area is 84.5 Å². The fourth-order valence-electron chi connectivity index (χ4n) is 1.15. The molecule has 0 unspecified atom stereocenters. The van der Waals surface area contributed by atoms with Crippen LogP contribution in [0.3, 0.4) is 0 Å². The van der Waals surface area contributed by atoms with E-state index in [4.69, 9.17) is 5.21 Å². The van der Waals surface area contributed by atoms with Crippen LogP contribution in [0.25, 0.3) is 5.69 Å². The molecule has 0 atom stereocenters. The molecule has 15 heavy (non-hydrogen) atoms. The average molecular weight is 206 g/mol. The second-order valence-corrected chi connectivity index (χ2v) is 2.78. The lowest BCUT2D eigenvalue weighted by molar-refractivity contribution is 0.321. The summed E-state index contributed by atoms with van der Waals surface area (Å²) in [6.07, 6.45) is 2.57. The second kappa shape index (κ2) is 3.87. The van der Waals surface area contributed by atoms with E-state index in [1.165, 1.54) is 16.9 Å². The van der Waals surface area contributed by atoms with Crippen molar-refractivity contribution < 1.29 is 9.60 Å². The van der Waals surface area contributed by atoms with Crippen LogP contribution < -0.4 is 0 Å². The first-order valence-corrected chi connectivity index (χ1v) is 4.16. The normalized spacial score (nSPS) is 11.0. The van der Waals surface area contributed by atoms with E-state index in [-0.39, 0.29) is 0 Å². The van der Waals surface area contributed by atoms with Crippen LogP contribution in [0.1, 0.15) is 5.69 Å². The Balaban J connectivity index is 2.42. The fourth-order valence-corrected chi connectivity index (χ4v) is 1.15. The summed E-state index contributed by atoms with van der Waals surface area (Å²) in [7, 11) is 0. The van der Waals surface area contributed by atoms with Gasteiger partial charge in [-0.3, -0.25) is 0 Å². The number of hydrogen-bond acceptors (Lipinski definition) is 4. The van der Waals surface area contributed by atoms with Gasteiger partial charge in [-0.05, 0) is 12.1 Å². The molecule has 1 aromatic carbocycles. The van der Waals surface area contributed by atoms with E-state index in [2.05, 4.69) is 15.5 Å². The number of oxime groups is 1. The highest BCUT2D eigenvalue weighted by Gasteiger charge is 2.05. The van der Waals surface area contributed by atoms with Crippen LogP contribution in [0.15, 0.2) is 35.6 Å². The number of benzene rings is 1. The van der Waals surface area contributed by atoms with Crippen molar-refractivity contribution >= 4 is 6.21 Å². The minimum Gasteiger partial charge on any atom is -0.411 e. The summed E-state index contributed by atoms with van der Waals surface area (Å²) in [5.74, 6) is -0.394. The van der Waals surface area contributed by atoms with Crippen molar-refractivity contribution in [3.63, 3.8) is 0 Å². The number of aromatic nitrogens is 3. The Morgan fingerprint density at radius 2 is 2.20 bits per heavy atom. The van der Waals surface area contributed by atoms with Crippen LogP contribution >= 0.6 is 0 Å². The summed E-state index contributed by atoms with van der Waals surface area (Å²) in [5.41, 5.74) is 0.642. The monoisotopic (exact) mass is 206 g/mol. The molecule has 0 bridgehead atoms. The third-order valence-electron chi connectivity index (χ3n) is 1.80. The molecular weight excluding hydrogens is 199 g/mol. The van der Waals surface area contributed by atoms with E-state index in [1.54, 1.807) is 18.2 Å². The second-order valence-electron chi connectivity index (χ2n) is 2.78. The molecule has 0 spiro atoms. The van der Waals surface area contributed by atoms with Gasteiger partial charge in [-0.2, -0.15) is 0 Å². The summed E-state index contributed by atoms with van der Waals surface area (Å²) in [6.45, 7) is 0. The Morgan fingerprint density at radius 3 is 2.93 bits per heavy atom. The van der Waals surface area contributed by atoms with Crippen molar-refractivity contribution in [1.29, 1.82) is 0 Å². The Kier molecular flexibility index (Phi) is 2.40. The molecule has 0 fully saturated rings. The van der Waals surface area contributed by atoms with Crippen LogP contribution in [0.5, 0.6) is 0 Å². The molecule has 0 aliphatic heterocycles. The number of rotatable bonds is 2. The summed E-state index contributed by atoms with van der Waals surface area (Å²) in [5, 5.41) is 18.4. The molecule has 2 rings (SSSR count). The third kappa shape index (κ3) is 1.83. The van der Waals surface area contributed by atoms with E-state index < -0.39 is 5.82 Å². The first-order valence-electron chi connectivity index (χ1n) is 4.16. The molecule has 1 N–H and O–H groups in total. The molecule has 76 valence electrons. The molecule has 0 saturated heterocycles. The lowest BCUT2D eigenvalue weighted by Crippen LogP contribution is -1.97. The predicted octanol–water partition coefficient (Wildman–Crippen LogP) is 1.21. The molecule has 0 amide bonds. The molecule has 2 aromatic rings. The van der Waals surface area contributed by atoms with Gasteiger partial charge in [0.15, 0.2) is 0 Å². The van der Waals surface area contributed by atoms with Gasteiger partial charge in [0, 0.05) is 0 Å². The molecule has 1 heterocycles. The predicted molar refractivity (Wildman–Crippen MR) is 50.7 cm³/mol. The first kappa shape index (κ1) is 9.32. The van der Waals surface area contributed by atoms with Gasteiger partial charge in [0.2, 0.25) is 0 Å². The number of hydrogen-bond donors (Lipinski definition) is 1. The van der Waals surface area contributed by atoms with E-state index in [1.807, 2.05) is 0 Å². The average Bonchev–Trinajstić information content (AvgIpc) is 2.68. The highest BCUT2D eigenvalue weighted by molar-refractivity contribution is 5.75. The summed E-state index contributed by atoms with van der Waals surface area (Å²) in [6, 6.07) is 6.19. The van der Waals surface area contributed by atoms with E-state index in [9.17, 15) is 4.39 Å². The van der Waals surface area contributed by atoms with E-state index in [0.29, 0.717) is 11.4 Å². The number of nitrogens with zero attached hydrogens (tertiary/aromatic N) is 4. The zero-order valence-electron chi connectivity index (χ0n) is 7.58. The third-order valence-corrected chi connectivity index (χ3v) is 1.80. The molecule has 5 nitrogen and oxygen atoms in total. The summed E-state index contributed by atoms with van der Waals surface area (Å²) in [4.78, 5) is 0. The lowest BCUT2D eigenvalue weighted by Gasteiger charge is -1.99. The van der Waals surface area contributed by atoms with Crippen molar-refractivity contribution in [3.8, 4) is 5.69 Å². The Bertz CT molecular complexity index is 494. The van der Waals surface area contributed by atoms with Gasteiger partial charge in [-0.15, -0.1) is 5.10 Å². The number of halogens is 1. The molecule has 0 saturated carbocycles. The van der Waals surface area contributed by atoms with E-state index >= 15 is 0 Å². The van der Waals surface area contributed by atoms with Crippen molar-refractivity contribution in [1.82, 2.24) is 15.0 Å². The van der Waals surface area contributed by atoms with Gasteiger partial charge in [-0.1, -0.05) is 22.5 Å². The maximum Gasteiger partial charge on any atom is 0.148 e. The van der Waals surface area contributed by atoms with Gasteiger partial charge < -0.3 is 5.21 Å². The molecule has 0 aliphatic rings. The molecule has 1 aromatic heterocycles. The topological polar surface area (TPSA) is 63.3 Å². The highest BCUT2D eigenvalue weighted by Crippen LogP contribution is 2.10. The first-order chi connectivity index (χ1) is 7.31. The van der Waals surface area contributed by atoms with Crippen LogP contribution in [-0.2, 0) is 0 Å². The molecule has 0 radical (unpaired) electrons. The van der Waals surface area contributed by atoms with E-state index in [0.717, 1.165) is 6.21 Å². The van der Waals surface area contributed by atoms with Gasteiger partial charge in [-0.25, -0.2) is 9.07 Å². The lowest BCUT2D eigenvalue weighted by atomic mass is 10.3. The maximum absolute atomic E-state index is 13.3. The van der Waals surface area contributed by atoms with Crippen molar-refractivity contribution in [3.05, 3.63) is 42.0 Å². The van der Waals surface area contributed by atoms with Crippen LogP contribution in [-0.4, -0.2) is 26.4 Å². The number of para-hydroxylation sites is 1. The van der Waals surface area contributed by atoms with Crippen molar-refractivity contribution in [2.75, 3.05) is 0 Å². The standard InChI is InChI=1S/C9H7FN4O/c10-8-3-1-2-4-9(8)14-6-7(5-11-15)12-13-14/h1-6,15H. The quantitative estimate of drug-likeness (QED) is 0.456. The Hall–Kier alpha value is -2.24. The SMILES string of the molecule is ON=Cc1cn(-c2ccccc2F)nn1. The van der Waals surface area contributed by atoms with Gasteiger partial charge in [0.25, 0.3) is 0 Å². The zero-order chi connectivity index (χ0) is 10.7. The van der Waals surface area contributed by atoms with Crippen LogP contribution in [0.2, 0.25) is 0 Å². The maximum atomic E-state index is 13.3. The largest absolute Gasteiger partial charge is 0.411 e. The molecule has 6 heteroatoms. The molecule has 0 aliphatic carbocycles. The molecular formula is C9H7FN4O. The van der Waals surface area contributed by atoms with Gasteiger partial charge in [0.05, 0.1) is 12.4 Å². The van der Waals surface area contributed by atoms with Gasteiger partial charge >= 0.3 is 0 Å². The smallest absolute Gasteiger partial charge is 0.148 e. The minimum absolute atomic E-state index is 0.294. The zero-order valence-corrected chi connectivity index (χ0v) is 7.58. The van der Waals surface area contributed by atoms with Crippen LogP contribution in [0, 0.1) is 5.82 Å². The van der Waals surface area contributed by atoms with Crippen molar-refractivity contribution in [2.45, 2.75) is 0 Å². The van der Waals surface area contributed by atoms with Crippen molar-refractivity contribution in [2.24, 2.45) is 5.16 Å². The van der Waals surface area contributed by atoms with Crippen LogP contribution in [0.4, 0.5) is 4.39 Å². The summed E-state index contributed by atoms with van der Waals surface area (Å²) < 4.78 is 14.6. The fraction of sp³-hybridized carbons (Fsp3) is 0. The highest BCUT2D eigenvalue weighted by atomic mass is 19.1. The summed E-state index contributed by atoms with van der Waals surface area (Å²) >= 11 is 0.